The second-order valence-corrected chi connectivity index (χ2v) is 5.88. The first-order valence-electron chi connectivity index (χ1n) is 4.76. The average Bonchev–Trinajstić information content (AvgIpc) is 2.77. The second kappa shape index (κ2) is 6.97. The standard InChI is InChI=1S/C9H15NO4S2/c1-13-6-7-14-5-4-10-16(11,12)9-3-2-8-15-9/h2-3,8,10H,4-7H2,1H3. The summed E-state index contributed by atoms with van der Waals surface area (Å²) in [6, 6.07) is 3.27. The number of thiophene rings is 1. The summed E-state index contributed by atoms with van der Waals surface area (Å²) in [7, 11) is -1.77. The highest BCUT2D eigenvalue weighted by molar-refractivity contribution is 7.91. The Kier molecular flexibility index (Phi) is 5.93. The number of hydrogen-bond donors (Lipinski definition) is 1. The van der Waals surface area contributed by atoms with Crippen LogP contribution in [0.5, 0.6) is 0 Å². The minimum absolute atomic E-state index is 0.268. The summed E-state index contributed by atoms with van der Waals surface area (Å²) in [5, 5.41) is 1.73. The van der Waals surface area contributed by atoms with E-state index in [-0.39, 0.29) is 6.54 Å². The lowest BCUT2D eigenvalue weighted by Crippen LogP contribution is -2.27. The summed E-state index contributed by atoms with van der Waals surface area (Å²) >= 11 is 1.19. The van der Waals surface area contributed by atoms with E-state index in [2.05, 4.69) is 4.72 Å². The molecule has 7 heteroatoms. The van der Waals surface area contributed by atoms with Gasteiger partial charge in [0.25, 0.3) is 0 Å². The Labute approximate surface area is 99.4 Å². The van der Waals surface area contributed by atoms with Crippen molar-refractivity contribution in [1.29, 1.82) is 0 Å². The highest BCUT2D eigenvalue weighted by atomic mass is 32.2. The lowest BCUT2D eigenvalue weighted by Gasteiger charge is -2.05. The van der Waals surface area contributed by atoms with Crippen molar-refractivity contribution in [2.45, 2.75) is 4.21 Å². The van der Waals surface area contributed by atoms with E-state index >= 15 is 0 Å². The van der Waals surface area contributed by atoms with Gasteiger partial charge in [0, 0.05) is 13.7 Å². The molecule has 0 aliphatic heterocycles. The number of ether oxygens (including phenoxy) is 2. The van der Waals surface area contributed by atoms with Crippen LogP contribution < -0.4 is 4.72 Å². The quantitative estimate of drug-likeness (QED) is 0.702. The van der Waals surface area contributed by atoms with Crippen LogP contribution in [0.15, 0.2) is 21.7 Å². The van der Waals surface area contributed by atoms with E-state index in [0.717, 1.165) is 0 Å². The van der Waals surface area contributed by atoms with Crippen molar-refractivity contribution in [1.82, 2.24) is 4.72 Å². The Hall–Kier alpha value is -0.470. The first-order chi connectivity index (χ1) is 7.67. The smallest absolute Gasteiger partial charge is 0.250 e. The van der Waals surface area contributed by atoms with Crippen molar-refractivity contribution < 1.29 is 17.9 Å². The molecule has 0 saturated heterocycles. The molecular weight excluding hydrogens is 250 g/mol. The molecule has 0 aliphatic rings. The molecular formula is C9H15NO4S2. The molecule has 0 spiro atoms. The first kappa shape index (κ1) is 13.6. The maximum atomic E-state index is 11.6. The molecule has 0 aliphatic carbocycles. The predicted octanol–water partition coefficient (Wildman–Crippen LogP) is 0.689. The highest BCUT2D eigenvalue weighted by Crippen LogP contribution is 2.14. The Bertz CT molecular complexity index is 374. The lowest BCUT2D eigenvalue weighted by atomic mass is 10.7. The van der Waals surface area contributed by atoms with Gasteiger partial charge in [-0.3, -0.25) is 0 Å². The van der Waals surface area contributed by atoms with Gasteiger partial charge in [0.2, 0.25) is 10.0 Å². The van der Waals surface area contributed by atoms with Crippen molar-refractivity contribution in [2.24, 2.45) is 0 Å². The average molecular weight is 265 g/mol. The zero-order valence-electron chi connectivity index (χ0n) is 9.01. The molecule has 1 aromatic rings. The Balaban J connectivity index is 2.22. The third kappa shape index (κ3) is 4.58. The number of nitrogens with one attached hydrogen (secondary N) is 1. The van der Waals surface area contributed by atoms with E-state index in [9.17, 15) is 8.42 Å². The van der Waals surface area contributed by atoms with Crippen molar-refractivity contribution in [2.75, 3.05) is 33.5 Å². The van der Waals surface area contributed by atoms with Gasteiger partial charge >= 0.3 is 0 Å². The van der Waals surface area contributed by atoms with Crippen LogP contribution in [0.2, 0.25) is 0 Å². The molecule has 1 N–H and O–H groups in total. The van der Waals surface area contributed by atoms with Crippen molar-refractivity contribution in [3.8, 4) is 0 Å². The zero-order valence-corrected chi connectivity index (χ0v) is 10.6. The zero-order chi connectivity index (χ0) is 11.9. The van der Waals surface area contributed by atoms with E-state index in [1.54, 1.807) is 24.6 Å². The Morgan fingerprint density at radius 1 is 1.38 bits per heavy atom. The van der Waals surface area contributed by atoms with Crippen LogP contribution in [-0.2, 0) is 19.5 Å². The number of rotatable bonds is 8. The maximum absolute atomic E-state index is 11.6. The van der Waals surface area contributed by atoms with E-state index < -0.39 is 10.0 Å². The van der Waals surface area contributed by atoms with E-state index in [0.29, 0.717) is 24.0 Å². The molecule has 92 valence electrons. The molecule has 0 radical (unpaired) electrons. The molecule has 1 rings (SSSR count). The minimum atomic E-state index is -3.35. The van der Waals surface area contributed by atoms with Crippen LogP contribution in [0.4, 0.5) is 0 Å². The third-order valence-corrected chi connectivity index (χ3v) is 4.59. The van der Waals surface area contributed by atoms with Crippen LogP contribution in [0.3, 0.4) is 0 Å². The molecule has 0 amide bonds. The fourth-order valence-electron chi connectivity index (χ4n) is 0.980. The van der Waals surface area contributed by atoms with Gasteiger partial charge in [0.05, 0.1) is 19.8 Å². The highest BCUT2D eigenvalue weighted by Gasteiger charge is 2.13. The van der Waals surface area contributed by atoms with Gasteiger partial charge in [-0.1, -0.05) is 6.07 Å². The van der Waals surface area contributed by atoms with Crippen molar-refractivity contribution >= 4 is 21.4 Å². The summed E-state index contributed by atoms with van der Waals surface area (Å²) in [4.78, 5) is 0. The fourth-order valence-corrected chi connectivity index (χ4v) is 3.03. The van der Waals surface area contributed by atoms with Gasteiger partial charge < -0.3 is 9.47 Å². The Morgan fingerprint density at radius 3 is 2.81 bits per heavy atom. The monoisotopic (exact) mass is 265 g/mol. The largest absolute Gasteiger partial charge is 0.382 e. The molecule has 0 atom stereocenters. The van der Waals surface area contributed by atoms with E-state index in [1.165, 1.54) is 11.3 Å². The topological polar surface area (TPSA) is 64.6 Å². The van der Waals surface area contributed by atoms with E-state index in [4.69, 9.17) is 9.47 Å². The third-order valence-electron chi connectivity index (χ3n) is 1.73. The van der Waals surface area contributed by atoms with Gasteiger partial charge in [-0.2, -0.15) is 0 Å². The van der Waals surface area contributed by atoms with Crippen molar-refractivity contribution in [3.63, 3.8) is 0 Å². The SMILES string of the molecule is COCCOCCNS(=O)(=O)c1cccs1. The van der Waals surface area contributed by atoms with Crippen molar-refractivity contribution in [3.05, 3.63) is 17.5 Å². The van der Waals surface area contributed by atoms with Gasteiger partial charge in [0.15, 0.2) is 0 Å². The summed E-state index contributed by atoms with van der Waals surface area (Å²) in [6.45, 7) is 1.59. The normalized spacial score (nSPS) is 11.8. The first-order valence-corrected chi connectivity index (χ1v) is 7.13. The molecule has 0 aromatic carbocycles. The van der Waals surface area contributed by atoms with Gasteiger partial charge in [0.1, 0.15) is 4.21 Å². The molecule has 16 heavy (non-hydrogen) atoms. The van der Waals surface area contributed by atoms with Gasteiger partial charge in [-0.15, -0.1) is 11.3 Å². The molecule has 0 unspecified atom stereocenters. The number of methoxy groups -OCH3 is 1. The fraction of sp³-hybridized carbons (Fsp3) is 0.556. The molecule has 0 fully saturated rings. The molecule has 5 nitrogen and oxygen atoms in total. The molecule has 1 aromatic heterocycles. The van der Waals surface area contributed by atoms with Crippen LogP contribution in [0.25, 0.3) is 0 Å². The second-order valence-electron chi connectivity index (χ2n) is 2.94. The summed E-state index contributed by atoms with van der Waals surface area (Å²) in [6.07, 6.45) is 0. The lowest BCUT2D eigenvalue weighted by molar-refractivity contribution is 0.0736. The Morgan fingerprint density at radius 2 is 2.19 bits per heavy atom. The summed E-state index contributed by atoms with van der Waals surface area (Å²) < 4.78 is 35.9. The maximum Gasteiger partial charge on any atom is 0.250 e. The predicted molar refractivity (Wildman–Crippen MR) is 62.2 cm³/mol. The summed E-state index contributed by atoms with van der Waals surface area (Å²) in [5.74, 6) is 0. The number of sulfonamides is 1. The molecule has 0 saturated carbocycles. The summed E-state index contributed by atoms with van der Waals surface area (Å²) in [5.41, 5.74) is 0. The minimum Gasteiger partial charge on any atom is -0.382 e. The van der Waals surface area contributed by atoms with E-state index in [1.807, 2.05) is 0 Å². The molecule has 1 heterocycles. The van der Waals surface area contributed by atoms with Crippen LogP contribution in [0, 0.1) is 0 Å². The number of hydrogen-bond acceptors (Lipinski definition) is 5. The van der Waals surface area contributed by atoms with Gasteiger partial charge in [-0.25, -0.2) is 13.1 Å². The van der Waals surface area contributed by atoms with Crippen LogP contribution >= 0.6 is 11.3 Å². The van der Waals surface area contributed by atoms with Gasteiger partial charge in [-0.05, 0) is 11.4 Å². The molecule has 0 bridgehead atoms. The van der Waals surface area contributed by atoms with Crippen LogP contribution in [0.1, 0.15) is 0 Å². The van der Waals surface area contributed by atoms with Crippen LogP contribution in [-0.4, -0.2) is 41.9 Å².